The Bertz CT molecular complexity index is 588. The first kappa shape index (κ1) is 15.1. The number of amides is 1. The van der Waals surface area contributed by atoms with Crippen LogP contribution in [0.4, 0.5) is 0 Å². The molecular weight excluding hydrogens is 266 g/mol. The highest BCUT2D eigenvalue weighted by atomic mass is 16.5. The summed E-state index contributed by atoms with van der Waals surface area (Å²) in [4.78, 5) is 18.8. The first-order valence-corrected chi connectivity index (χ1v) is 7.10. The lowest BCUT2D eigenvalue weighted by Gasteiger charge is -2.10. The fraction of sp³-hybridized carbons (Fsp3) is 0.375. The molecule has 0 fully saturated rings. The van der Waals surface area contributed by atoms with Crippen molar-refractivity contribution in [2.75, 3.05) is 6.54 Å². The zero-order valence-electron chi connectivity index (χ0n) is 12.6. The molecule has 0 spiro atoms. The van der Waals surface area contributed by atoms with E-state index in [0.29, 0.717) is 12.2 Å². The van der Waals surface area contributed by atoms with Crippen LogP contribution < -0.4 is 10.1 Å². The summed E-state index contributed by atoms with van der Waals surface area (Å²) in [5.74, 6) is 0.721. The Balaban J connectivity index is 1.81. The van der Waals surface area contributed by atoms with Gasteiger partial charge in [0.15, 0.2) is 0 Å². The minimum Gasteiger partial charge on any atom is -0.491 e. The van der Waals surface area contributed by atoms with Crippen LogP contribution in [0.25, 0.3) is 0 Å². The summed E-state index contributed by atoms with van der Waals surface area (Å²) in [6.07, 6.45) is 2.47. The number of ether oxygens (including phenoxy) is 1. The number of rotatable bonds is 6. The molecule has 2 rings (SSSR count). The largest absolute Gasteiger partial charge is 0.491 e. The zero-order chi connectivity index (χ0) is 15.2. The Morgan fingerprint density at radius 2 is 2.05 bits per heavy atom. The highest BCUT2D eigenvalue weighted by Gasteiger charge is 2.10. The molecule has 0 radical (unpaired) electrons. The van der Waals surface area contributed by atoms with Crippen LogP contribution in [0.5, 0.6) is 5.75 Å². The minimum atomic E-state index is -0.145. The third-order valence-electron chi connectivity index (χ3n) is 3.04. The van der Waals surface area contributed by atoms with E-state index in [1.807, 2.05) is 45.0 Å². The number of aromatic amines is 1. The van der Waals surface area contributed by atoms with Crippen molar-refractivity contribution in [2.45, 2.75) is 33.3 Å². The van der Waals surface area contributed by atoms with Crippen molar-refractivity contribution in [2.24, 2.45) is 0 Å². The molecule has 1 amide bonds. The fourth-order valence-corrected chi connectivity index (χ4v) is 2.00. The Hall–Kier alpha value is -2.30. The Morgan fingerprint density at radius 3 is 2.62 bits per heavy atom. The van der Waals surface area contributed by atoms with Crippen molar-refractivity contribution in [1.82, 2.24) is 15.3 Å². The lowest BCUT2D eigenvalue weighted by molar-refractivity contribution is 0.0949. The van der Waals surface area contributed by atoms with E-state index in [2.05, 4.69) is 15.3 Å². The molecule has 0 unspecified atom stereocenters. The first-order valence-electron chi connectivity index (χ1n) is 7.10. The van der Waals surface area contributed by atoms with E-state index in [1.165, 1.54) is 6.33 Å². The summed E-state index contributed by atoms with van der Waals surface area (Å²) in [6, 6.07) is 7.94. The standard InChI is InChI=1S/C16H21N3O2/c1-11(2)21-14-6-4-13(5-7-14)8-9-17-16(20)15-12(3)18-10-19-15/h4-7,10-11H,8-9H2,1-3H3,(H,17,20)(H,18,19). The van der Waals surface area contributed by atoms with Crippen LogP contribution >= 0.6 is 0 Å². The van der Waals surface area contributed by atoms with Crippen molar-refractivity contribution in [3.05, 3.63) is 47.5 Å². The van der Waals surface area contributed by atoms with Gasteiger partial charge in [-0.05, 0) is 44.9 Å². The van der Waals surface area contributed by atoms with E-state index in [0.717, 1.165) is 23.4 Å². The maximum Gasteiger partial charge on any atom is 0.271 e. The second kappa shape index (κ2) is 6.92. The van der Waals surface area contributed by atoms with Crippen LogP contribution in [-0.2, 0) is 6.42 Å². The van der Waals surface area contributed by atoms with Gasteiger partial charge in [-0.1, -0.05) is 12.1 Å². The van der Waals surface area contributed by atoms with Gasteiger partial charge in [-0.2, -0.15) is 0 Å². The molecule has 1 heterocycles. The van der Waals surface area contributed by atoms with Crippen LogP contribution in [0.2, 0.25) is 0 Å². The first-order chi connectivity index (χ1) is 10.1. The van der Waals surface area contributed by atoms with Gasteiger partial charge in [0.25, 0.3) is 5.91 Å². The van der Waals surface area contributed by atoms with Crippen LogP contribution in [0.1, 0.15) is 35.6 Å². The highest BCUT2D eigenvalue weighted by molar-refractivity contribution is 5.93. The molecule has 0 saturated heterocycles. The molecule has 0 aliphatic carbocycles. The minimum absolute atomic E-state index is 0.145. The summed E-state index contributed by atoms with van der Waals surface area (Å²) >= 11 is 0. The number of hydrogen-bond acceptors (Lipinski definition) is 3. The van der Waals surface area contributed by atoms with Gasteiger partial charge in [-0.15, -0.1) is 0 Å². The summed E-state index contributed by atoms with van der Waals surface area (Å²) < 4.78 is 5.59. The van der Waals surface area contributed by atoms with Crippen molar-refractivity contribution < 1.29 is 9.53 Å². The molecule has 2 aromatic rings. The number of nitrogens with one attached hydrogen (secondary N) is 2. The van der Waals surface area contributed by atoms with Gasteiger partial charge < -0.3 is 15.0 Å². The Kier molecular flexibility index (Phi) is 4.98. The Morgan fingerprint density at radius 1 is 1.33 bits per heavy atom. The van der Waals surface area contributed by atoms with Gasteiger partial charge in [0.1, 0.15) is 11.4 Å². The van der Waals surface area contributed by atoms with E-state index in [4.69, 9.17) is 4.74 Å². The summed E-state index contributed by atoms with van der Waals surface area (Å²) in [5, 5.41) is 2.87. The van der Waals surface area contributed by atoms with E-state index in [1.54, 1.807) is 0 Å². The molecule has 0 atom stereocenters. The second-order valence-electron chi connectivity index (χ2n) is 5.19. The van der Waals surface area contributed by atoms with Gasteiger partial charge in [0, 0.05) is 12.2 Å². The maximum atomic E-state index is 11.9. The highest BCUT2D eigenvalue weighted by Crippen LogP contribution is 2.14. The molecule has 0 saturated carbocycles. The van der Waals surface area contributed by atoms with Crippen molar-refractivity contribution in [1.29, 1.82) is 0 Å². The van der Waals surface area contributed by atoms with E-state index in [-0.39, 0.29) is 12.0 Å². The van der Waals surface area contributed by atoms with Crippen molar-refractivity contribution in [3.8, 4) is 5.75 Å². The van der Waals surface area contributed by atoms with E-state index < -0.39 is 0 Å². The van der Waals surface area contributed by atoms with Crippen molar-refractivity contribution >= 4 is 5.91 Å². The van der Waals surface area contributed by atoms with E-state index >= 15 is 0 Å². The van der Waals surface area contributed by atoms with Crippen LogP contribution in [0, 0.1) is 6.92 Å². The van der Waals surface area contributed by atoms with Gasteiger partial charge in [0.2, 0.25) is 0 Å². The van der Waals surface area contributed by atoms with Gasteiger partial charge in [-0.25, -0.2) is 4.98 Å². The molecule has 5 nitrogen and oxygen atoms in total. The van der Waals surface area contributed by atoms with E-state index in [9.17, 15) is 4.79 Å². The molecule has 112 valence electrons. The molecule has 0 aliphatic heterocycles. The summed E-state index contributed by atoms with van der Waals surface area (Å²) in [7, 11) is 0. The number of hydrogen-bond donors (Lipinski definition) is 2. The second-order valence-corrected chi connectivity index (χ2v) is 5.19. The number of carbonyl (C=O) groups excluding carboxylic acids is 1. The SMILES string of the molecule is Cc1[nH]cnc1C(=O)NCCc1ccc(OC(C)C)cc1. The molecule has 0 aliphatic rings. The van der Waals surface area contributed by atoms with Gasteiger partial charge >= 0.3 is 0 Å². The summed E-state index contributed by atoms with van der Waals surface area (Å²) in [6.45, 7) is 6.41. The number of aromatic nitrogens is 2. The maximum absolute atomic E-state index is 11.9. The van der Waals surface area contributed by atoms with Crippen LogP contribution in [0.15, 0.2) is 30.6 Å². The normalized spacial score (nSPS) is 10.7. The number of imidazole rings is 1. The molecular formula is C16H21N3O2. The van der Waals surface area contributed by atoms with Crippen LogP contribution in [-0.4, -0.2) is 28.5 Å². The monoisotopic (exact) mass is 287 g/mol. The third-order valence-corrected chi connectivity index (χ3v) is 3.04. The number of H-pyrrole nitrogens is 1. The molecule has 0 bridgehead atoms. The lowest BCUT2D eigenvalue weighted by Crippen LogP contribution is -2.26. The third kappa shape index (κ3) is 4.34. The number of benzene rings is 1. The number of nitrogens with zero attached hydrogens (tertiary/aromatic N) is 1. The fourth-order valence-electron chi connectivity index (χ4n) is 2.00. The van der Waals surface area contributed by atoms with Gasteiger partial charge in [0.05, 0.1) is 12.4 Å². The zero-order valence-corrected chi connectivity index (χ0v) is 12.6. The quantitative estimate of drug-likeness (QED) is 0.857. The molecule has 21 heavy (non-hydrogen) atoms. The molecule has 5 heteroatoms. The molecule has 1 aromatic heterocycles. The average molecular weight is 287 g/mol. The smallest absolute Gasteiger partial charge is 0.271 e. The molecule has 2 N–H and O–H groups in total. The van der Waals surface area contributed by atoms with Crippen LogP contribution in [0.3, 0.4) is 0 Å². The van der Waals surface area contributed by atoms with Gasteiger partial charge in [-0.3, -0.25) is 4.79 Å². The Labute approximate surface area is 124 Å². The predicted octanol–water partition coefficient (Wildman–Crippen LogP) is 2.48. The predicted molar refractivity (Wildman–Crippen MR) is 81.6 cm³/mol. The summed E-state index contributed by atoms with van der Waals surface area (Å²) in [5.41, 5.74) is 2.39. The number of carbonyl (C=O) groups is 1. The number of aryl methyl sites for hydroxylation is 1. The topological polar surface area (TPSA) is 67.0 Å². The average Bonchev–Trinajstić information content (AvgIpc) is 2.86. The molecule has 1 aromatic carbocycles. The lowest BCUT2D eigenvalue weighted by atomic mass is 10.1. The van der Waals surface area contributed by atoms with Crippen molar-refractivity contribution in [3.63, 3.8) is 0 Å².